The van der Waals surface area contributed by atoms with Crippen LogP contribution < -0.4 is 10.1 Å². The highest BCUT2D eigenvalue weighted by molar-refractivity contribution is 5.94. The molecule has 1 aromatic carbocycles. The molecule has 1 amide bonds. The van der Waals surface area contributed by atoms with Crippen molar-refractivity contribution in [3.63, 3.8) is 0 Å². The van der Waals surface area contributed by atoms with Crippen LogP contribution in [0.4, 0.5) is 8.78 Å². The lowest BCUT2D eigenvalue weighted by Gasteiger charge is -2.12. The van der Waals surface area contributed by atoms with Crippen LogP contribution in [0.15, 0.2) is 36.5 Å². The molecule has 22 heavy (non-hydrogen) atoms. The maximum atomic E-state index is 12.1. The van der Waals surface area contributed by atoms with Gasteiger partial charge < -0.3 is 10.1 Å². The Kier molecular flexibility index (Phi) is 5.08. The van der Waals surface area contributed by atoms with E-state index in [0.717, 1.165) is 12.2 Å². The van der Waals surface area contributed by atoms with Crippen LogP contribution in [0.2, 0.25) is 0 Å². The summed E-state index contributed by atoms with van der Waals surface area (Å²) in [5.41, 5.74) is 1.12. The Morgan fingerprint density at radius 3 is 2.55 bits per heavy atom. The maximum Gasteiger partial charge on any atom is 0.387 e. The van der Waals surface area contributed by atoms with Gasteiger partial charge in [-0.25, -0.2) is 0 Å². The van der Waals surface area contributed by atoms with Gasteiger partial charge in [0.15, 0.2) is 0 Å². The molecule has 1 unspecified atom stereocenters. The minimum absolute atomic E-state index is 0.0151. The van der Waals surface area contributed by atoms with Gasteiger partial charge >= 0.3 is 6.61 Å². The molecule has 1 atom stereocenters. The maximum absolute atomic E-state index is 12.1. The second-order valence-corrected chi connectivity index (χ2v) is 4.69. The molecule has 0 aliphatic carbocycles. The van der Waals surface area contributed by atoms with Gasteiger partial charge in [0.05, 0.1) is 11.7 Å². The van der Waals surface area contributed by atoms with Crippen LogP contribution in [-0.4, -0.2) is 22.3 Å². The Morgan fingerprint density at radius 2 is 2.00 bits per heavy atom. The standard InChI is InChI=1S/C15H17F2N3O2/c1-3-20-9-8-13(19-20)10(2)18-14(21)11-4-6-12(7-5-11)22-15(16)17/h4-10,15H,3H2,1-2H3,(H,18,21). The SMILES string of the molecule is CCn1ccc(C(C)NC(=O)c2ccc(OC(F)F)cc2)n1. The number of rotatable bonds is 6. The number of nitrogens with zero attached hydrogens (tertiary/aromatic N) is 2. The third-order valence-corrected chi connectivity index (χ3v) is 3.12. The molecule has 0 fully saturated rings. The second-order valence-electron chi connectivity index (χ2n) is 4.69. The number of hydrogen-bond acceptors (Lipinski definition) is 3. The summed E-state index contributed by atoms with van der Waals surface area (Å²) in [5, 5.41) is 7.13. The third kappa shape index (κ3) is 4.03. The van der Waals surface area contributed by atoms with Crippen molar-refractivity contribution in [2.45, 2.75) is 33.0 Å². The largest absolute Gasteiger partial charge is 0.435 e. The second kappa shape index (κ2) is 7.02. The molecular formula is C15H17F2N3O2. The number of aryl methyl sites for hydroxylation is 1. The van der Waals surface area contributed by atoms with E-state index >= 15 is 0 Å². The van der Waals surface area contributed by atoms with E-state index in [-0.39, 0.29) is 17.7 Å². The van der Waals surface area contributed by atoms with Gasteiger partial charge in [-0.3, -0.25) is 9.48 Å². The van der Waals surface area contributed by atoms with E-state index in [4.69, 9.17) is 0 Å². The molecule has 0 aliphatic rings. The van der Waals surface area contributed by atoms with Crippen LogP contribution in [0.1, 0.15) is 35.9 Å². The topological polar surface area (TPSA) is 56.2 Å². The molecule has 1 N–H and O–H groups in total. The number of amides is 1. The highest BCUT2D eigenvalue weighted by Crippen LogP contribution is 2.16. The minimum atomic E-state index is -2.88. The van der Waals surface area contributed by atoms with Crippen molar-refractivity contribution in [2.24, 2.45) is 0 Å². The Balaban J connectivity index is 1.99. The highest BCUT2D eigenvalue weighted by atomic mass is 19.3. The van der Waals surface area contributed by atoms with Crippen molar-refractivity contribution in [3.05, 3.63) is 47.8 Å². The zero-order valence-electron chi connectivity index (χ0n) is 12.3. The molecule has 0 aliphatic heterocycles. The molecule has 1 aromatic heterocycles. The summed E-state index contributed by atoms with van der Waals surface area (Å²) in [6.45, 7) is 1.68. The Morgan fingerprint density at radius 1 is 1.32 bits per heavy atom. The summed E-state index contributed by atoms with van der Waals surface area (Å²) >= 11 is 0. The van der Waals surface area contributed by atoms with Gasteiger partial charge in [0.25, 0.3) is 5.91 Å². The molecule has 1 heterocycles. The highest BCUT2D eigenvalue weighted by Gasteiger charge is 2.14. The zero-order valence-corrected chi connectivity index (χ0v) is 12.3. The van der Waals surface area contributed by atoms with Crippen LogP contribution in [0.5, 0.6) is 5.75 Å². The number of aromatic nitrogens is 2. The lowest BCUT2D eigenvalue weighted by atomic mass is 10.1. The number of ether oxygens (including phenoxy) is 1. The number of hydrogen-bond donors (Lipinski definition) is 1. The van der Waals surface area contributed by atoms with Crippen LogP contribution in [0.3, 0.4) is 0 Å². The van der Waals surface area contributed by atoms with Crippen molar-refractivity contribution >= 4 is 5.91 Å². The van der Waals surface area contributed by atoms with E-state index in [9.17, 15) is 13.6 Å². The average molecular weight is 309 g/mol. The molecule has 0 bridgehead atoms. The molecule has 2 rings (SSSR count). The van der Waals surface area contributed by atoms with Gasteiger partial charge in [-0.05, 0) is 44.2 Å². The van der Waals surface area contributed by atoms with E-state index in [0.29, 0.717) is 5.56 Å². The zero-order chi connectivity index (χ0) is 16.1. The predicted molar refractivity (Wildman–Crippen MR) is 76.9 cm³/mol. The first kappa shape index (κ1) is 15.9. The summed E-state index contributed by atoms with van der Waals surface area (Å²) in [4.78, 5) is 12.1. The van der Waals surface area contributed by atoms with Crippen molar-refractivity contribution in [3.8, 4) is 5.75 Å². The monoisotopic (exact) mass is 309 g/mol. The lowest BCUT2D eigenvalue weighted by Crippen LogP contribution is -2.27. The normalized spacial score (nSPS) is 12.2. The number of carbonyl (C=O) groups is 1. The van der Waals surface area contributed by atoms with Crippen molar-refractivity contribution in [1.29, 1.82) is 0 Å². The number of benzene rings is 1. The molecule has 0 saturated heterocycles. The molecule has 0 saturated carbocycles. The van der Waals surface area contributed by atoms with Crippen LogP contribution >= 0.6 is 0 Å². The fraction of sp³-hybridized carbons (Fsp3) is 0.333. The fourth-order valence-corrected chi connectivity index (χ4v) is 1.93. The predicted octanol–water partition coefficient (Wildman–Crippen LogP) is 3.00. The average Bonchev–Trinajstić information content (AvgIpc) is 2.96. The summed E-state index contributed by atoms with van der Waals surface area (Å²) in [6.07, 6.45) is 1.84. The number of carbonyl (C=O) groups excluding carboxylic acids is 1. The van der Waals surface area contributed by atoms with Gasteiger partial charge in [0.2, 0.25) is 0 Å². The van der Waals surface area contributed by atoms with Gasteiger partial charge in [0.1, 0.15) is 5.75 Å². The summed E-state index contributed by atoms with van der Waals surface area (Å²) in [7, 11) is 0. The summed E-state index contributed by atoms with van der Waals surface area (Å²) in [6, 6.07) is 7.12. The van der Waals surface area contributed by atoms with E-state index in [1.165, 1.54) is 24.3 Å². The first-order valence-corrected chi connectivity index (χ1v) is 6.88. The molecule has 118 valence electrons. The van der Waals surface area contributed by atoms with Crippen LogP contribution in [0, 0.1) is 0 Å². The van der Waals surface area contributed by atoms with Gasteiger partial charge in [-0.1, -0.05) is 0 Å². The van der Waals surface area contributed by atoms with Crippen molar-refractivity contribution in [2.75, 3.05) is 0 Å². The minimum Gasteiger partial charge on any atom is -0.435 e. The summed E-state index contributed by atoms with van der Waals surface area (Å²) in [5.74, 6) is -0.288. The molecule has 7 heteroatoms. The molecule has 5 nitrogen and oxygen atoms in total. The fourth-order valence-electron chi connectivity index (χ4n) is 1.93. The third-order valence-electron chi connectivity index (χ3n) is 3.12. The van der Waals surface area contributed by atoms with E-state index < -0.39 is 6.61 Å². The quantitative estimate of drug-likeness (QED) is 0.892. The van der Waals surface area contributed by atoms with Crippen LogP contribution in [-0.2, 0) is 6.54 Å². The smallest absolute Gasteiger partial charge is 0.387 e. The Labute approximate surface area is 126 Å². The van der Waals surface area contributed by atoms with E-state index in [1.54, 1.807) is 4.68 Å². The first-order chi connectivity index (χ1) is 10.5. The number of alkyl halides is 2. The molecule has 0 spiro atoms. The number of nitrogens with one attached hydrogen (secondary N) is 1. The van der Waals surface area contributed by atoms with E-state index in [2.05, 4.69) is 15.2 Å². The first-order valence-electron chi connectivity index (χ1n) is 6.88. The van der Waals surface area contributed by atoms with Crippen LogP contribution in [0.25, 0.3) is 0 Å². The lowest BCUT2D eigenvalue weighted by molar-refractivity contribution is -0.0498. The Hall–Kier alpha value is -2.44. The Bertz CT molecular complexity index is 626. The number of halogens is 2. The van der Waals surface area contributed by atoms with E-state index in [1.807, 2.05) is 26.1 Å². The van der Waals surface area contributed by atoms with Gasteiger partial charge in [-0.2, -0.15) is 13.9 Å². The molecule has 2 aromatic rings. The van der Waals surface area contributed by atoms with Crippen molar-refractivity contribution < 1.29 is 18.3 Å². The molecule has 0 radical (unpaired) electrons. The van der Waals surface area contributed by atoms with Crippen molar-refractivity contribution in [1.82, 2.24) is 15.1 Å². The van der Waals surface area contributed by atoms with Gasteiger partial charge in [0, 0.05) is 18.3 Å². The molecular weight excluding hydrogens is 292 g/mol. The van der Waals surface area contributed by atoms with Gasteiger partial charge in [-0.15, -0.1) is 0 Å². The summed E-state index contributed by atoms with van der Waals surface area (Å²) < 4.78 is 30.1.